The maximum absolute atomic E-state index is 12.6. The van der Waals surface area contributed by atoms with Gasteiger partial charge in [0.15, 0.2) is 0 Å². The molecule has 0 radical (unpaired) electrons. The molecule has 2 rings (SSSR count). The van der Waals surface area contributed by atoms with Crippen LogP contribution in [0.5, 0.6) is 0 Å². The summed E-state index contributed by atoms with van der Waals surface area (Å²) in [4.78, 5) is 36.3. The zero-order valence-corrected chi connectivity index (χ0v) is 17.6. The molecule has 0 aromatic carbocycles. The number of nitrogens with one attached hydrogen (secondary N) is 2. The lowest BCUT2D eigenvalue weighted by atomic mass is 10.0. The molecule has 1 atom stereocenters. The van der Waals surface area contributed by atoms with Gasteiger partial charge in [-0.3, -0.25) is 25.6 Å². The van der Waals surface area contributed by atoms with Crippen LogP contribution in [0.15, 0.2) is 18.3 Å². The van der Waals surface area contributed by atoms with Crippen LogP contribution in [0.3, 0.4) is 0 Å². The Bertz CT molecular complexity index is 875. The molecule has 0 unspecified atom stereocenters. The normalized spacial score (nSPS) is 11.6. The Hall–Kier alpha value is -3.27. The molecule has 0 fully saturated rings. The molecule has 0 aliphatic carbocycles. The number of nitrogen functional groups attached to an aromatic ring is 1. The molecule has 30 heavy (non-hydrogen) atoms. The third-order valence-electron chi connectivity index (χ3n) is 4.84. The van der Waals surface area contributed by atoms with E-state index in [0.29, 0.717) is 28.6 Å². The van der Waals surface area contributed by atoms with Crippen molar-refractivity contribution >= 4 is 24.1 Å². The van der Waals surface area contributed by atoms with Crippen molar-refractivity contribution in [1.82, 2.24) is 25.4 Å². The summed E-state index contributed by atoms with van der Waals surface area (Å²) in [7, 11) is 0. The Morgan fingerprint density at radius 1 is 1.33 bits per heavy atom. The van der Waals surface area contributed by atoms with Gasteiger partial charge in [-0.15, -0.1) is 0 Å². The van der Waals surface area contributed by atoms with Gasteiger partial charge in [-0.05, 0) is 38.0 Å². The second-order valence-electron chi connectivity index (χ2n) is 7.08. The van der Waals surface area contributed by atoms with Crippen molar-refractivity contribution in [3.05, 3.63) is 29.6 Å². The van der Waals surface area contributed by atoms with E-state index >= 15 is 0 Å². The third-order valence-corrected chi connectivity index (χ3v) is 4.84. The summed E-state index contributed by atoms with van der Waals surface area (Å²) < 4.78 is 0. The van der Waals surface area contributed by atoms with Gasteiger partial charge in [-0.1, -0.05) is 26.2 Å². The van der Waals surface area contributed by atoms with E-state index in [0.717, 1.165) is 30.5 Å². The average Bonchev–Trinajstić information content (AvgIpc) is 2.74. The van der Waals surface area contributed by atoms with E-state index in [9.17, 15) is 14.8 Å². The summed E-state index contributed by atoms with van der Waals surface area (Å²) in [6.07, 6.45) is 5.19. The summed E-state index contributed by atoms with van der Waals surface area (Å²) >= 11 is 0. The fourth-order valence-electron chi connectivity index (χ4n) is 3.00. The fourth-order valence-corrected chi connectivity index (χ4v) is 3.00. The number of aryl methyl sites for hydroxylation is 1. The van der Waals surface area contributed by atoms with Crippen LogP contribution in [0.1, 0.15) is 43.9 Å². The minimum absolute atomic E-state index is 0.0913. The number of hydroxylamine groups is 2. The number of hydrazine groups is 1. The Morgan fingerprint density at radius 2 is 2.10 bits per heavy atom. The molecule has 10 heteroatoms. The van der Waals surface area contributed by atoms with E-state index in [1.165, 1.54) is 0 Å². The SMILES string of the molecule is CCCCC[C@H](CN(O)C=O)C(=O)NNc1nc(C)c(C)c(-c2cccnc2N)n1. The van der Waals surface area contributed by atoms with E-state index in [1.807, 2.05) is 19.9 Å². The van der Waals surface area contributed by atoms with Crippen LogP contribution in [0.4, 0.5) is 11.8 Å². The van der Waals surface area contributed by atoms with Gasteiger partial charge in [0.05, 0.1) is 18.2 Å². The number of carbonyl (C=O) groups excluding carboxylic acids is 2. The smallest absolute Gasteiger partial charge is 0.243 e. The monoisotopic (exact) mass is 415 g/mol. The second-order valence-corrected chi connectivity index (χ2v) is 7.08. The van der Waals surface area contributed by atoms with E-state index < -0.39 is 5.92 Å². The number of carbonyl (C=O) groups is 2. The van der Waals surface area contributed by atoms with E-state index in [2.05, 4.69) is 32.7 Å². The summed E-state index contributed by atoms with van der Waals surface area (Å²) in [5, 5.41) is 9.97. The lowest BCUT2D eigenvalue weighted by molar-refractivity contribution is -0.154. The van der Waals surface area contributed by atoms with Crippen molar-refractivity contribution in [2.24, 2.45) is 5.92 Å². The van der Waals surface area contributed by atoms with Gasteiger partial charge in [0.2, 0.25) is 18.3 Å². The second kappa shape index (κ2) is 11.1. The summed E-state index contributed by atoms with van der Waals surface area (Å²) in [5.74, 6) is -0.384. The number of pyridine rings is 1. The van der Waals surface area contributed by atoms with E-state index in [-0.39, 0.29) is 24.8 Å². The van der Waals surface area contributed by atoms with Crippen LogP contribution >= 0.6 is 0 Å². The van der Waals surface area contributed by atoms with Gasteiger partial charge >= 0.3 is 0 Å². The van der Waals surface area contributed by atoms with Gasteiger partial charge < -0.3 is 5.73 Å². The lowest BCUT2D eigenvalue weighted by Crippen LogP contribution is -2.40. The first-order chi connectivity index (χ1) is 14.4. The summed E-state index contributed by atoms with van der Waals surface area (Å²) in [5.41, 5.74) is 14.2. The first-order valence-corrected chi connectivity index (χ1v) is 9.90. The van der Waals surface area contributed by atoms with Crippen LogP contribution in [-0.2, 0) is 9.59 Å². The van der Waals surface area contributed by atoms with E-state index in [4.69, 9.17) is 5.73 Å². The van der Waals surface area contributed by atoms with Crippen molar-refractivity contribution in [3.63, 3.8) is 0 Å². The summed E-state index contributed by atoms with van der Waals surface area (Å²) in [6, 6.07) is 3.59. The lowest BCUT2D eigenvalue weighted by Gasteiger charge is -2.20. The summed E-state index contributed by atoms with van der Waals surface area (Å²) in [6.45, 7) is 5.69. The molecule has 0 spiro atoms. The van der Waals surface area contributed by atoms with Crippen LogP contribution in [0.25, 0.3) is 11.3 Å². The number of unbranched alkanes of at least 4 members (excludes halogenated alkanes) is 2. The number of nitrogens with two attached hydrogens (primary N) is 1. The van der Waals surface area contributed by atoms with Crippen LogP contribution in [0.2, 0.25) is 0 Å². The molecule has 5 N–H and O–H groups in total. The first kappa shape index (κ1) is 23.0. The maximum Gasteiger partial charge on any atom is 0.243 e. The number of rotatable bonds is 11. The highest BCUT2D eigenvalue weighted by Crippen LogP contribution is 2.27. The molecule has 2 aromatic heterocycles. The number of hydrogen-bond donors (Lipinski definition) is 4. The zero-order chi connectivity index (χ0) is 22.1. The molecule has 0 saturated heterocycles. The number of aromatic nitrogens is 3. The Labute approximate surface area is 175 Å². The molecule has 2 amide bonds. The van der Waals surface area contributed by atoms with E-state index in [1.54, 1.807) is 12.3 Å². The van der Waals surface area contributed by atoms with Gasteiger partial charge in [0.25, 0.3) is 0 Å². The van der Waals surface area contributed by atoms with Gasteiger partial charge in [-0.25, -0.2) is 20.0 Å². The molecule has 0 aliphatic rings. The largest absolute Gasteiger partial charge is 0.383 e. The number of amides is 2. The van der Waals surface area contributed by atoms with Crippen molar-refractivity contribution in [3.8, 4) is 11.3 Å². The molecule has 162 valence electrons. The topological polar surface area (TPSA) is 146 Å². The quantitative estimate of drug-likeness (QED) is 0.189. The predicted octanol–water partition coefficient (Wildman–Crippen LogP) is 2.22. The predicted molar refractivity (Wildman–Crippen MR) is 113 cm³/mol. The Balaban J connectivity index is 2.15. The highest BCUT2D eigenvalue weighted by molar-refractivity contribution is 5.80. The van der Waals surface area contributed by atoms with Crippen LogP contribution in [-0.4, -0.2) is 44.1 Å². The molecule has 2 aromatic rings. The number of nitrogens with zero attached hydrogens (tertiary/aromatic N) is 4. The molecule has 0 aliphatic heterocycles. The molecule has 0 saturated carbocycles. The zero-order valence-electron chi connectivity index (χ0n) is 17.6. The first-order valence-electron chi connectivity index (χ1n) is 9.90. The van der Waals surface area contributed by atoms with Crippen LogP contribution in [0, 0.1) is 19.8 Å². The number of anilines is 2. The van der Waals surface area contributed by atoms with Crippen LogP contribution < -0.4 is 16.6 Å². The highest BCUT2D eigenvalue weighted by atomic mass is 16.5. The molecule has 0 bridgehead atoms. The Morgan fingerprint density at radius 3 is 2.77 bits per heavy atom. The van der Waals surface area contributed by atoms with Crippen molar-refractivity contribution in [1.29, 1.82) is 0 Å². The van der Waals surface area contributed by atoms with Crippen molar-refractivity contribution in [2.75, 3.05) is 17.7 Å². The average molecular weight is 415 g/mol. The van der Waals surface area contributed by atoms with Crippen molar-refractivity contribution < 1.29 is 14.8 Å². The highest BCUT2D eigenvalue weighted by Gasteiger charge is 2.21. The Kier molecular flexibility index (Phi) is 8.48. The maximum atomic E-state index is 12.6. The minimum Gasteiger partial charge on any atom is -0.383 e. The number of hydrogen-bond acceptors (Lipinski definition) is 8. The standard InChI is InChI=1S/C20H29N7O3/c1-4-5-6-8-15(11-27(30)12-28)19(29)25-26-20-23-14(3)13(2)17(24-20)16-9-7-10-22-18(16)21/h7,9-10,12,15,30H,4-6,8,11H2,1-3H3,(H2,21,22)(H,25,29)(H,23,24,26)/t15-/m1/s1. The fraction of sp³-hybridized carbons (Fsp3) is 0.450. The molecule has 10 nitrogen and oxygen atoms in total. The molecular weight excluding hydrogens is 386 g/mol. The van der Waals surface area contributed by atoms with Crippen molar-refractivity contribution in [2.45, 2.75) is 46.5 Å². The van der Waals surface area contributed by atoms with Gasteiger partial charge in [0.1, 0.15) is 5.82 Å². The molecule has 2 heterocycles. The van der Waals surface area contributed by atoms with Gasteiger partial charge in [-0.2, -0.15) is 0 Å². The minimum atomic E-state index is -0.570. The van der Waals surface area contributed by atoms with Gasteiger partial charge in [0, 0.05) is 17.5 Å². The third kappa shape index (κ3) is 6.11. The molecular formula is C20H29N7O3.